The van der Waals surface area contributed by atoms with Gasteiger partial charge in [0.1, 0.15) is 18.2 Å². The second-order valence-electron chi connectivity index (χ2n) is 9.49. The summed E-state index contributed by atoms with van der Waals surface area (Å²) in [4.78, 5) is 17.0. The van der Waals surface area contributed by atoms with Crippen molar-refractivity contribution < 1.29 is 19.0 Å². The van der Waals surface area contributed by atoms with E-state index in [9.17, 15) is 14.3 Å². The zero-order chi connectivity index (χ0) is 24.2. The highest BCUT2D eigenvalue weighted by molar-refractivity contribution is 5.84. The molecule has 5 nitrogen and oxygen atoms in total. The van der Waals surface area contributed by atoms with E-state index in [1.807, 2.05) is 59.5 Å². The first kappa shape index (κ1) is 23.5. The summed E-state index contributed by atoms with van der Waals surface area (Å²) >= 11 is 0. The fraction of sp³-hybridized carbons (Fsp3) is 0.345. The molecule has 0 spiro atoms. The van der Waals surface area contributed by atoms with Crippen LogP contribution >= 0.6 is 0 Å². The second-order valence-corrected chi connectivity index (χ2v) is 9.49. The lowest BCUT2D eigenvalue weighted by atomic mass is 9.86. The standard InChI is InChI=1S/C29H31FN2O3/c30-24-10-6-21(7-11-24)18-32-17-15-27(29(32)34)31-16-14-26(28(33)19-31)23-8-12-25(13-9-23)35-20-22-4-2-1-3-5-22/h1-13,26-28,33H,14-20H2/t26-,27?,28-/m1/s1. The summed E-state index contributed by atoms with van der Waals surface area (Å²) in [6, 6.07) is 24.2. The van der Waals surface area contributed by atoms with Crippen LogP contribution in [0.1, 0.15) is 35.4 Å². The number of amides is 1. The van der Waals surface area contributed by atoms with E-state index in [4.69, 9.17) is 4.74 Å². The Morgan fingerprint density at radius 1 is 0.886 bits per heavy atom. The van der Waals surface area contributed by atoms with Gasteiger partial charge in [0.2, 0.25) is 5.91 Å². The van der Waals surface area contributed by atoms with Gasteiger partial charge in [-0.15, -0.1) is 0 Å². The molecule has 0 radical (unpaired) electrons. The Morgan fingerprint density at radius 3 is 2.34 bits per heavy atom. The number of carbonyl (C=O) groups excluding carboxylic acids is 1. The van der Waals surface area contributed by atoms with Gasteiger partial charge in [-0.3, -0.25) is 9.69 Å². The molecule has 0 aromatic heterocycles. The number of β-amino-alcohol motifs (C(OH)–C–C–N with tert-alkyl or cyclic N) is 1. The van der Waals surface area contributed by atoms with Crippen LogP contribution in [0.2, 0.25) is 0 Å². The molecule has 0 bridgehead atoms. The van der Waals surface area contributed by atoms with Gasteiger partial charge >= 0.3 is 0 Å². The van der Waals surface area contributed by atoms with Gasteiger partial charge in [-0.1, -0.05) is 54.6 Å². The van der Waals surface area contributed by atoms with Gasteiger partial charge in [0.05, 0.1) is 12.1 Å². The summed E-state index contributed by atoms with van der Waals surface area (Å²) in [5.41, 5.74) is 3.15. The van der Waals surface area contributed by atoms with E-state index in [0.717, 1.165) is 41.8 Å². The predicted octanol–water partition coefficient (Wildman–Crippen LogP) is 4.36. The molecule has 182 valence electrons. The molecule has 1 unspecified atom stereocenters. The first-order chi connectivity index (χ1) is 17.1. The van der Waals surface area contributed by atoms with Gasteiger partial charge in [0.15, 0.2) is 0 Å². The number of carbonyl (C=O) groups is 1. The Labute approximate surface area is 205 Å². The van der Waals surface area contributed by atoms with Gasteiger partial charge in [0, 0.05) is 25.6 Å². The fourth-order valence-corrected chi connectivity index (χ4v) is 5.21. The van der Waals surface area contributed by atoms with Crippen molar-refractivity contribution in [1.29, 1.82) is 0 Å². The van der Waals surface area contributed by atoms with Crippen LogP contribution in [0, 0.1) is 5.82 Å². The Balaban J connectivity index is 1.14. The summed E-state index contributed by atoms with van der Waals surface area (Å²) in [5.74, 6) is 0.675. The maximum absolute atomic E-state index is 13.2. The number of aliphatic hydroxyl groups is 1. The molecular weight excluding hydrogens is 443 g/mol. The van der Waals surface area contributed by atoms with E-state index in [-0.39, 0.29) is 23.7 Å². The van der Waals surface area contributed by atoms with Crippen LogP contribution in [0.25, 0.3) is 0 Å². The van der Waals surface area contributed by atoms with Crippen molar-refractivity contribution in [3.8, 4) is 5.75 Å². The second kappa shape index (κ2) is 10.6. The number of hydrogen-bond donors (Lipinski definition) is 1. The average Bonchev–Trinajstić information content (AvgIpc) is 3.25. The minimum absolute atomic E-state index is 0.0428. The molecule has 1 amide bonds. The lowest BCUT2D eigenvalue weighted by Gasteiger charge is -2.38. The molecule has 0 saturated carbocycles. The first-order valence-electron chi connectivity index (χ1n) is 12.3. The Bertz CT molecular complexity index is 1120. The smallest absolute Gasteiger partial charge is 0.240 e. The summed E-state index contributed by atoms with van der Waals surface area (Å²) < 4.78 is 19.1. The molecule has 2 aliphatic heterocycles. The molecular formula is C29H31FN2O3. The van der Waals surface area contributed by atoms with Crippen molar-refractivity contribution in [1.82, 2.24) is 9.80 Å². The highest BCUT2D eigenvalue weighted by Crippen LogP contribution is 2.32. The zero-order valence-corrected chi connectivity index (χ0v) is 19.7. The number of halogens is 1. The first-order valence-corrected chi connectivity index (χ1v) is 12.3. The predicted molar refractivity (Wildman–Crippen MR) is 132 cm³/mol. The SMILES string of the molecule is O=C1C(N2CC[C@H](c3ccc(OCc4ccccc4)cc3)[C@H](O)C2)CCN1Cc1ccc(F)cc1. The molecule has 2 heterocycles. The highest BCUT2D eigenvalue weighted by atomic mass is 19.1. The summed E-state index contributed by atoms with van der Waals surface area (Å²) in [5, 5.41) is 11.0. The van der Waals surface area contributed by atoms with E-state index in [1.54, 1.807) is 12.1 Å². The fourth-order valence-electron chi connectivity index (χ4n) is 5.21. The molecule has 2 fully saturated rings. The number of piperidine rings is 1. The number of rotatable bonds is 7. The van der Waals surface area contributed by atoms with Crippen molar-refractivity contribution in [2.45, 2.75) is 44.1 Å². The van der Waals surface area contributed by atoms with Crippen molar-refractivity contribution in [3.05, 3.63) is 101 Å². The Kier molecular flexibility index (Phi) is 7.11. The van der Waals surface area contributed by atoms with Crippen LogP contribution in [0.4, 0.5) is 4.39 Å². The molecule has 3 atom stereocenters. The van der Waals surface area contributed by atoms with Gasteiger partial charge in [-0.25, -0.2) is 4.39 Å². The van der Waals surface area contributed by atoms with Crippen LogP contribution in [0.3, 0.4) is 0 Å². The van der Waals surface area contributed by atoms with Crippen LogP contribution in [0.5, 0.6) is 5.75 Å². The molecule has 6 heteroatoms. The van der Waals surface area contributed by atoms with Gasteiger partial charge in [-0.2, -0.15) is 0 Å². The summed E-state index contributed by atoms with van der Waals surface area (Å²) in [6.45, 7) is 2.95. The lowest BCUT2D eigenvalue weighted by Crippen LogP contribution is -2.50. The molecule has 5 rings (SSSR count). The largest absolute Gasteiger partial charge is 0.489 e. The molecule has 0 aliphatic carbocycles. The van der Waals surface area contributed by atoms with E-state index < -0.39 is 6.10 Å². The van der Waals surface area contributed by atoms with Crippen LogP contribution in [0.15, 0.2) is 78.9 Å². The van der Waals surface area contributed by atoms with Crippen LogP contribution < -0.4 is 4.74 Å². The van der Waals surface area contributed by atoms with Crippen molar-refractivity contribution in [2.75, 3.05) is 19.6 Å². The van der Waals surface area contributed by atoms with Gasteiger partial charge in [0.25, 0.3) is 0 Å². The maximum Gasteiger partial charge on any atom is 0.240 e. The molecule has 2 aliphatic rings. The molecule has 35 heavy (non-hydrogen) atoms. The van der Waals surface area contributed by atoms with Crippen LogP contribution in [-0.2, 0) is 17.9 Å². The van der Waals surface area contributed by atoms with Crippen molar-refractivity contribution >= 4 is 5.91 Å². The highest BCUT2D eigenvalue weighted by Gasteiger charge is 2.40. The third-order valence-electron chi connectivity index (χ3n) is 7.17. The molecule has 1 N–H and O–H groups in total. The number of ether oxygens (including phenoxy) is 1. The average molecular weight is 475 g/mol. The number of hydrogen-bond acceptors (Lipinski definition) is 4. The maximum atomic E-state index is 13.2. The monoisotopic (exact) mass is 474 g/mol. The van der Waals surface area contributed by atoms with Gasteiger partial charge in [-0.05, 0) is 60.3 Å². The number of benzene rings is 3. The normalized spacial score (nSPS) is 23.0. The molecule has 3 aromatic carbocycles. The third kappa shape index (κ3) is 5.55. The minimum Gasteiger partial charge on any atom is -0.489 e. The summed E-state index contributed by atoms with van der Waals surface area (Å²) in [7, 11) is 0. The zero-order valence-electron chi connectivity index (χ0n) is 19.7. The van der Waals surface area contributed by atoms with Crippen LogP contribution in [-0.4, -0.2) is 52.6 Å². The van der Waals surface area contributed by atoms with E-state index in [0.29, 0.717) is 26.2 Å². The van der Waals surface area contributed by atoms with Gasteiger partial charge < -0.3 is 14.7 Å². The van der Waals surface area contributed by atoms with E-state index >= 15 is 0 Å². The van der Waals surface area contributed by atoms with Crippen molar-refractivity contribution in [2.24, 2.45) is 0 Å². The van der Waals surface area contributed by atoms with E-state index in [2.05, 4.69) is 4.90 Å². The lowest BCUT2D eigenvalue weighted by molar-refractivity contribution is -0.133. The molecule has 3 aromatic rings. The van der Waals surface area contributed by atoms with Crippen molar-refractivity contribution in [3.63, 3.8) is 0 Å². The minimum atomic E-state index is -0.529. The number of likely N-dealkylation sites (tertiary alicyclic amines) is 2. The number of aliphatic hydroxyl groups excluding tert-OH is 1. The topological polar surface area (TPSA) is 53.0 Å². The Morgan fingerprint density at radius 2 is 1.63 bits per heavy atom. The third-order valence-corrected chi connectivity index (χ3v) is 7.17. The summed E-state index contributed by atoms with van der Waals surface area (Å²) in [6.07, 6.45) is 1.02. The number of nitrogens with zero attached hydrogens (tertiary/aromatic N) is 2. The quantitative estimate of drug-likeness (QED) is 0.553. The van der Waals surface area contributed by atoms with E-state index in [1.165, 1.54) is 12.1 Å². The Hall–Kier alpha value is -3.22. The molecule has 2 saturated heterocycles.